The molecule has 2 bridgehead atoms. The first-order valence-electron chi connectivity index (χ1n) is 13.2. The van der Waals surface area contributed by atoms with E-state index in [9.17, 15) is 19.2 Å². The van der Waals surface area contributed by atoms with Crippen LogP contribution in [-0.2, 0) is 9.59 Å². The van der Waals surface area contributed by atoms with Gasteiger partial charge in [-0.2, -0.15) is 5.26 Å². The van der Waals surface area contributed by atoms with Crippen molar-refractivity contribution in [2.45, 2.75) is 82.0 Å². The summed E-state index contributed by atoms with van der Waals surface area (Å²) in [4.78, 5) is 29.7. The largest absolute Gasteiger partial charge is 0.372 e. The lowest BCUT2D eigenvalue weighted by Crippen LogP contribution is -2.59. The molecule has 2 aliphatic heterocycles. The van der Waals surface area contributed by atoms with Gasteiger partial charge in [0.25, 0.3) is 0 Å². The van der Waals surface area contributed by atoms with Gasteiger partial charge in [-0.3, -0.25) is 9.59 Å². The third-order valence-corrected chi connectivity index (χ3v) is 8.91. The number of piperidine rings is 1. The minimum Gasteiger partial charge on any atom is -0.372 e. The maximum atomic E-state index is 13.7. The van der Waals surface area contributed by atoms with Gasteiger partial charge in [0.1, 0.15) is 12.2 Å². The van der Waals surface area contributed by atoms with Gasteiger partial charge in [0.05, 0.1) is 19.2 Å². The van der Waals surface area contributed by atoms with Crippen molar-refractivity contribution in [3.8, 4) is 6.07 Å². The normalized spacial score (nSPS) is 32.3. The third-order valence-electron chi connectivity index (χ3n) is 8.91. The van der Waals surface area contributed by atoms with Crippen molar-refractivity contribution < 1.29 is 14.0 Å². The van der Waals surface area contributed by atoms with E-state index in [0.29, 0.717) is 0 Å². The molecule has 2 heterocycles. The maximum Gasteiger partial charge on any atom is 0.237 e. The summed E-state index contributed by atoms with van der Waals surface area (Å²) >= 11 is 0. The topological polar surface area (TPSA) is 88.5 Å². The van der Waals surface area contributed by atoms with Gasteiger partial charge in [0, 0.05) is 41.8 Å². The zero-order valence-electron chi connectivity index (χ0n) is 20.4. The molecule has 6 rings (SSSR count). The van der Waals surface area contributed by atoms with E-state index in [1.807, 2.05) is 18.2 Å². The summed E-state index contributed by atoms with van der Waals surface area (Å²) in [7, 11) is 0. The summed E-state index contributed by atoms with van der Waals surface area (Å²) in [5, 5.41) is 15.8. The van der Waals surface area contributed by atoms with Crippen LogP contribution in [0, 0.1) is 16.7 Å². The van der Waals surface area contributed by atoms with Gasteiger partial charge >= 0.3 is 0 Å². The predicted molar refractivity (Wildman–Crippen MR) is 133 cm³/mol. The summed E-state index contributed by atoms with van der Waals surface area (Å²) < 4.78 is 13.7. The molecule has 188 valence electrons. The van der Waals surface area contributed by atoms with Crippen LogP contribution in [0.1, 0.15) is 64.2 Å². The molecule has 5 fully saturated rings. The third kappa shape index (κ3) is 4.88. The van der Waals surface area contributed by atoms with E-state index in [-0.39, 0.29) is 42.3 Å². The first-order chi connectivity index (χ1) is 16.9. The lowest BCUT2D eigenvalue weighted by molar-refractivity contribution is -0.135. The second-order valence-electron chi connectivity index (χ2n) is 11.0. The van der Waals surface area contributed by atoms with E-state index in [0.717, 1.165) is 57.3 Å². The molecule has 0 aromatic heterocycles. The fraction of sp³-hybridized carbons (Fsp3) is 0.667. The molecule has 3 aliphatic carbocycles. The molecule has 2 atom stereocenters. The first-order valence-corrected chi connectivity index (χ1v) is 13.2. The number of benzene rings is 1. The second-order valence-corrected chi connectivity index (χ2v) is 11.0. The Morgan fingerprint density at radius 3 is 2.31 bits per heavy atom. The Morgan fingerprint density at radius 1 is 1.03 bits per heavy atom. The zero-order valence-corrected chi connectivity index (χ0v) is 20.4. The molecule has 2 amide bonds. The van der Waals surface area contributed by atoms with Gasteiger partial charge < -0.3 is 20.4 Å². The molecule has 5 aliphatic rings. The van der Waals surface area contributed by atoms with Crippen LogP contribution < -0.4 is 15.5 Å². The number of carbonyl (C=O) groups excluding carboxylic acids is 2. The number of halogens is 1. The van der Waals surface area contributed by atoms with Crippen molar-refractivity contribution >= 4 is 23.2 Å². The number of fused-ring (bicyclic) bond motifs is 3. The molecule has 35 heavy (non-hydrogen) atoms. The Bertz CT molecular complexity index is 960. The van der Waals surface area contributed by atoms with Crippen molar-refractivity contribution in [2.24, 2.45) is 5.41 Å². The van der Waals surface area contributed by atoms with Crippen LogP contribution in [0.25, 0.3) is 0 Å². The summed E-state index contributed by atoms with van der Waals surface area (Å²) in [5.41, 5.74) is 1.57. The average Bonchev–Trinajstić information content (AvgIpc) is 3.30. The molecule has 0 spiro atoms. The molecule has 1 aromatic carbocycles. The maximum absolute atomic E-state index is 13.7. The molecule has 2 saturated heterocycles. The molecule has 0 radical (unpaired) electrons. The number of anilines is 2. The summed E-state index contributed by atoms with van der Waals surface area (Å²) in [6.45, 7) is 2.33. The van der Waals surface area contributed by atoms with Crippen LogP contribution in [0.5, 0.6) is 0 Å². The van der Waals surface area contributed by atoms with Gasteiger partial charge in [-0.25, -0.2) is 4.39 Å². The number of rotatable bonds is 6. The van der Waals surface area contributed by atoms with Crippen LogP contribution in [0.3, 0.4) is 0 Å². The van der Waals surface area contributed by atoms with Crippen LogP contribution in [0.2, 0.25) is 0 Å². The Morgan fingerprint density at radius 2 is 1.69 bits per heavy atom. The first kappa shape index (κ1) is 24.1. The van der Waals surface area contributed by atoms with Crippen molar-refractivity contribution in [1.29, 1.82) is 5.26 Å². The highest BCUT2D eigenvalue weighted by molar-refractivity contribution is 5.95. The summed E-state index contributed by atoms with van der Waals surface area (Å²) in [5.74, 6) is -0.102. The van der Waals surface area contributed by atoms with E-state index in [4.69, 9.17) is 0 Å². The number of amides is 2. The van der Waals surface area contributed by atoms with Gasteiger partial charge in [0.15, 0.2) is 0 Å². The van der Waals surface area contributed by atoms with E-state index in [1.165, 1.54) is 29.8 Å². The highest BCUT2D eigenvalue weighted by Crippen LogP contribution is 2.52. The molecule has 8 heteroatoms. The van der Waals surface area contributed by atoms with E-state index < -0.39 is 12.2 Å². The fourth-order valence-electron chi connectivity index (χ4n) is 6.51. The molecule has 7 nitrogen and oxygen atoms in total. The molecule has 1 aromatic rings. The highest BCUT2D eigenvalue weighted by atomic mass is 19.1. The molecular weight excluding hydrogens is 445 g/mol. The van der Waals surface area contributed by atoms with Crippen LogP contribution in [0.15, 0.2) is 24.3 Å². The molecular formula is C27H36FN5O2. The number of hydrogen-bond donors (Lipinski definition) is 2. The second kappa shape index (κ2) is 9.77. The van der Waals surface area contributed by atoms with Crippen molar-refractivity contribution in [1.82, 2.24) is 10.2 Å². The lowest BCUT2D eigenvalue weighted by atomic mass is 9.57. The standard InChI is InChI=1S/C27H36FN5O2/c28-20-16-23(17-29)33(19-20)24(34)18-30-27-11-8-26(9-12-27,10-13-27)25(35)31-21-4-6-22(7-5-21)32-14-2-1-3-15-32/h4-7,20,23,30H,1-3,8-16,18-19H2,(H,31,35). The van der Waals surface area contributed by atoms with Crippen molar-refractivity contribution in [2.75, 3.05) is 36.4 Å². The zero-order chi connectivity index (χ0) is 24.5. The predicted octanol–water partition coefficient (Wildman–Crippen LogP) is 3.76. The molecule has 2 N–H and O–H groups in total. The monoisotopic (exact) mass is 481 g/mol. The van der Waals surface area contributed by atoms with E-state index in [1.54, 1.807) is 0 Å². The van der Waals surface area contributed by atoms with Gasteiger partial charge in [0.2, 0.25) is 11.8 Å². The SMILES string of the molecule is N#CC1CC(F)CN1C(=O)CNC12CCC(C(=O)Nc3ccc(N4CCCCC4)cc3)(CC1)CC2. The lowest BCUT2D eigenvalue weighted by Gasteiger charge is -2.52. The number of nitrogens with one attached hydrogen (secondary N) is 2. The van der Waals surface area contributed by atoms with Crippen molar-refractivity contribution in [3.05, 3.63) is 24.3 Å². The number of carbonyl (C=O) groups is 2. The smallest absolute Gasteiger partial charge is 0.237 e. The quantitative estimate of drug-likeness (QED) is 0.646. The van der Waals surface area contributed by atoms with Gasteiger partial charge in [-0.15, -0.1) is 0 Å². The number of nitriles is 1. The van der Waals surface area contributed by atoms with Crippen LogP contribution >= 0.6 is 0 Å². The Hall–Kier alpha value is -2.66. The van der Waals surface area contributed by atoms with Crippen LogP contribution in [-0.4, -0.2) is 60.6 Å². The number of hydrogen-bond acceptors (Lipinski definition) is 5. The minimum atomic E-state index is -1.12. The van der Waals surface area contributed by atoms with E-state index >= 15 is 0 Å². The number of alkyl halides is 1. The minimum absolute atomic E-state index is 0.00797. The van der Waals surface area contributed by atoms with Gasteiger partial charge in [-0.1, -0.05) is 0 Å². The number of likely N-dealkylation sites (tertiary alicyclic amines) is 1. The Kier molecular flexibility index (Phi) is 6.71. The summed E-state index contributed by atoms with van der Waals surface area (Å²) in [6, 6.07) is 9.61. The van der Waals surface area contributed by atoms with Crippen molar-refractivity contribution in [3.63, 3.8) is 0 Å². The van der Waals surface area contributed by atoms with Gasteiger partial charge in [-0.05, 0) is 82.1 Å². The average molecular weight is 482 g/mol. The highest BCUT2D eigenvalue weighted by Gasteiger charge is 2.52. The Balaban J connectivity index is 1.13. The molecule has 2 unspecified atom stereocenters. The van der Waals surface area contributed by atoms with E-state index in [2.05, 4.69) is 27.7 Å². The van der Waals surface area contributed by atoms with Crippen LogP contribution in [0.4, 0.5) is 15.8 Å². The summed E-state index contributed by atoms with van der Waals surface area (Å²) in [6.07, 6.45) is 7.68. The molecule has 3 saturated carbocycles. The fourth-order valence-corrected chi connectivity index (χ4v) is 6.51. The Labute approximate surface area is 207 Å². The number of nitrogens with zero attached hydrogens (tertiary/aromatic N) is 3.